The van der Waals surface area contributed by atoms with Crippen LogP contribution in [0.25, 0.3) is 0 Å². The number of hydrogen-bond donors (Lipinski definition) is 1. The molecule has 0 fully saturated rings. The van der Waals surface area contributed by atoms with Gasteiger partial charge in [-0.3, -0.25) is 4.68 Å². The van der Waals surface area contributed by atoms with Gasteiger partial charge < -0.3 is 5.73 Å². The molecule has 2 N–H and O–H groups in total. The number of hydrogen-bond acceptors (Lipinski definition) is 5. The first-order valence-electron chi connectivity index (χ1n) is 5.36. The van der Waals surface area contributed by atoms with Crippen LogP contribution in [0.15, 0.2) is 23.6 Å². The highest BCUT2D eigenvalue weighted by molar-refractivity contribution is 7.99. The summed E-state index contributed by atoms with van der Waals surface area (Å²) < 4.78 is 1.82. The first-order chi connectivity index (χ1) is 8.13. The average Bonchev–Trinajstić information content (AvgIpc) is 2.63. The number of rotatable bonds is 4. The summed E-state index contributed by atoms with van der Waals surface area (Å²) in [5.41, 5.74) is 8.28. The lowest BCUT2D eigenvalue weighted by molar-refractivity contribution is 0.666. The molecule has 0 atom stereocenters. The topological polar surface area (TPSA) is 69.6 Å². The largest absolute Gasteiger partial charge is 0.396 e. The molecule has 2 aromatic heterocycles. The van der Waals surface area contributed by atoms with Gasteiger partial charge in [-0.05, 0) is 19.9 Å². The van der Waals surface area contributed by atoms with Crippen molar-refractivity contribution in [3.05, 3.63) is 29.8 Å². The zero-order valence-electron chi connectivity index (χ0n) is 9.92. The highest BCUT2D eigenvalue weighted by Gasteiger charge is 2.01. The van der Waals surface area contributed by atoms with Gasteiger partial charge in [0.2, 0.25) is 0 Å². The maximum Gasteiger partial charge on any atom is 0.188 e. The Morgan fingerprint density at radius 2 is 2.00 bits per heavy atom. The van der Waals surface area contributed by atoms with Crippen molar-refractivity contribution >= 4 is 17.4 Å². The van der Waals surface area contributed by atoms with Crippen LogP contribution in [0, 0.1) is 13.8 Å². The van der Waals surface area contributed by atoms with Gasteiger partial charge in [0.1, 0.15) is 0 Å². The van der Waals surface area contributed by atoms with E-state index in [4.69, 9.17) is 5.73 Å². The van der Waals surface area contributed by atoms with Gasteiger partial charge in [-0.1, -0.05) is 11.8 Å². The summed E-state index contributed by atoms with van der Waals surface area (Å²) in [5.74, 6) is 0.879. The van der Waals surface area contributed by atoms with E-state index in [1.165, 1.54) is 0 Å². The number of aryl methyl sites for hydroxylation is 3. The van der Waals surface area contributed by atoms with E-state index in [0.717, 1.165) is 28.8 Å². The molecule has 6 heteroatoms. The third-order valence-corrected chi connectivity index (χ3v) is 2.99. The molecule has 0 saturated carbocycles. The van der Waals surface area contributed by atoms with Crippen LogP contribution < -0.4 is 5.73 Å². The van der Waals surface area contributed by atoms with Crippen molar-refractivity contribution in [1.29, 1.82) is 0 Å². The van der Waals surface area contributed by atoms with Gasteiger partial charge in [0.25, 0.3) is 0 Å². The van der Waals surface area contributed by atoms with Crippen molar-refractivity contribution in [2.24, 2.45) is 0 Å². The molecule has 0 aromatic carbocycles. The predicted octanol–water partition coefficient (Wildman–Crippen LogP) is 1.66. The molecular weight excluding hydrogens is 234 g/mol. The maximum absolute atomic E-state index is 5.59. The van der Waals surface area contributed by atoms with E-state index in [9.17, 15) is 0 Å². The fourth-order valence-corrected chi connectivity index (χ4v) is 2.37. The Balaban J connectivity index is 1.89. The fourth-order valence-electron chi connectivity index (χ4n) is 1.49. The van der Waals surface area contributed by atoms with Crippen molar-refractivity contribution in [3.63, 3.8) is 0 Å². The second kappa shape index (κ2) is 5.18. The normalized spacial score (nSPS) is 10.7. The number of aromatic nitrogens is 4. The van der Waals surface area contributed by atoms with Gasteiger partial charge in [-0.15, -0.1) is 0 Å². The van der Waals surface area contributed by atoms with Crippen LogP contribution in [0.2, 0.25) is 0 Å². The van der Waals surface area contributed by atoms with Crippen LogP contribution in [-0.4, -0.2) is 25.5 Å². The van der Waals surface area contributed by atoms with Gasteiger partial charge in [-0.25, -0.2) is 9.97 Å². The molecule has 0 amide bonds. The number of nitrogens with zero attached hydrogens (tertiary/aromatic N) is 4. The zero-order chi connectivity index (χ0) is 12.3. The number of nitrogens with two attached hydrogens (primary N) is 1. The maximum atomic E-state index is 5.59. The lowest BCUT2D eigenvalue weighted by Gasteiger charge is -2.03. The molecule has 0 aliphatic heterocycles. The Kier molecular flexibility index (Phi) is 3.63. The van der Waals surface area contributed by atoms with E-state index in [1.54, 1.807) is 18.0 Å². The molecule has 2 heterocycles. The number of anilines is 1. The van der Waals surface area contributed by atoms with E-state index < -0.39 is 0 Å². The predicted molar refractivity (Wildman–Crippen MR) is 68.9 cm³/mol. The average molecular weight is 249 g/mol. The summed E-state index contributed by atoms with van der Waals surface area (Å²) in [5, 5.41) is 4.94. The van der Waals surface area contributed by atoms with Crippen molar-refractivity contribution in [3.8, 4) is 0 Å². The second-order valence-electron chi connectivity index (χ2n) is 3.82. The summed E-state index contributed by atoms with van der Waals surface area (Å²) in [6, 6.07) is 1.97. The smallest absolute Gasteiger partial charge is 0.188 e. The first-order valence-corrected chi connectivity index (χ1v) is 6.35. The van der Waals surface area contributed by atoms with Gasteiger partial charge in [0, 0.05) is 23.3 Å². The summed E-state index contributed by atoms with van der Waals surface area (Å²) in [7, 11) is 0. The quantitative estimate of drug-likeness (QED) is 0.659. The first kappa shape index (κ1) is 11.9. The van der Waals surface area contributed by atoms with Crippen LogP contribution >= 0.6 is 11.8 Å². The van der Waals surface area contributed by atoms with Crippen molar-refractivity contribution < 1.29 is 0 Å². The Morgan fingerprint density at radius 1 is 1.29 bits per heavy atom. The highest BCUT2D eigenvalue weighted by Crippen LogP contribution is 2.14. The standard InChI is InChI=1S/C11H15N5S/c1-8-5-9(2)15-11(14-8)17-4-3-16-7-10(12)6-13-16/h5-7H,3-4,12H2,1-2H3. The monoisotopic (exact) mass is 249 g/mol. The zero-order valence-corrected chi connectivity index (χ0v) is 10.7. The van der Waals surface area contributed by atoms with Crippen LogP contribution in [0.3, 0.4) is 0 Å². The second-order valence-corrected chi connectivity index (χ2v) is 4.88. The minimum atomic E-state index is 0.692. The minimum absolute atomic E-state index is 0.692. The molecule has 17 heavy (non-hydrogen) atoms. The lowest BCUT2D eigenvalue weighted by atomic mass is 10.4. The summed E-state index contributed by atoms with van der Waals surface area (Å²) in [6.07, 6.45) is 3.47. The van der Waals surface area contributed by atoms with E-state index in [1.807, 2.05) is 30.8 Å². The van der Waals surface area contributed by atoms with Gasteiger partial charge >= 0.3 is 0 Å². The van der Waals surface area contributed by atoms with Crippen molar-refractivity contribution in [2.45, 2.75) is 25.5 Å². The van der Waals surface area contributed by atoms with Crippen molar-refractivity contribution in [1.82, 2.24) is 19.7 Å². The highest BCUT2D eigenvalue weighted by atomic mass is 32.2. The molecule has 0 unspecified atom stereocenters. The number of thioether (sulfide) groups is 1. The molecule has 0 aliphatic rings. The molecule has 5 nitrogen and oxygen atoms in total. The van der Waals surface area contributed by atoms with Crippen LogP contribution in [-0.2, 0) is 6.54 Å². The Hall–Kier alpha value is -1.56. The third-order valence-electron chi connectivity index (χ3n) is 2.17. The van der Waals surface area contributed by atoms with Gasteiger partial charge in [0.05, 0.1) is 18.4 Å². The Labute approximate surface area is 104 Å². The van der Waals surface area contributed by atoms with Crippen LogP contribution in [0.1, 0.15) is 11.4 Å². The third kappa shape index (κ3) is 3.45. The lowest BCUT2D eigenvalue weighted by Crippen LogP contribution is -2.02. The molecule has 0 bridgehead atoms. The van der Waals surface area contributed by atoms with Crippen LogP contribution in [0.5, 0.6) is 0 Å². The van der Waals surface area contributed by atoms with E-state index >= 15 is 0 Å². The van der Waals surface area contributed by atoms with Crippen LogP contribution in [0.4, 0.5) is 5.69 Å². The molecule has 2 rings (SSSR count). The minimum Gasteiger partial charge on any atom is -0.396 e. The molecule has 0 aliphatic carbocycles. The Morgan fingerprint density at radius 3 is 2.59 bits per heavy atom. The summed E-state index contributed by atoms with van der Waals surface area (Å²) in [6.45, 7) is 4.76. The molecule has 0 spiro atoms. The Bertz CT molecular complexity index is 488. The van der Waals surface area contributed by atoms with E-state index in [-0.39, 0.29) is 0 Å². The van der Waals surface area contributed by atoms with Gasteiger partial charge in [0.15, 0.2) is 5.16 Å². The number of nitrogen functional groups attached to an aromatic ring is 1. The fraction of sp³-hybridized carbons (Fsp3) is 0.364. The summed E-state index contributed by atoms with van der Waals surface area (Å²) in [4.78, 5) is 8.74. The van der Waals surface area contributed by atoms with Gasteiger partial charge in [-0.2, -0.15) is 5.10 Å². The molecule has 90 valence electrons. The molecule has 2 aromatic rings. The molecule has 0 saturated heterocycles. The van der Waals surface area contributed by atoms with Crippen molar-refractivity contribution in [2.75, 3.05) is 11.5 Å². The molecular formula is C11H15N5S. The summed E-state index contributed by atoms with van der Waals surface area (Å²) >= 11 is 1.63. The van der Waals surface area contributed by atoms with E-state index in [2.05, 4.69) is 15.1 Å². The van der Waals surface area contributed by atoms with E-state index in [0.29, 0.717) is 5.69 Å². The molecule has 0 radical (unpaired) electrons. The SMILES string of the molecule is Cc1cc(C)nc(SCCn2cc(N)cn2)n1.